The first-order chi connectivity index (χ1) is 12.6. The molecule has 0 N–H and O–H groups in total. The van der Waals surface area contributed by atoms with Crippen molar-refractivity contribution in [2.45, 2.75) is 26.2 Å². The van der Waals surface area contributed by atoms with Crippen LogP contribution in [-0.4, -0.2) is 23.3 Å². The van der Waals surface area contributed by atoms with Gasteiger partial charge in [0.15, 0.2) is 12.4 Å². The van der Waals surface area contributed by atoms with Crippen LogP contribution in [0.1, 0.15) is 52.6 Å². The number of esters is 1. The fourth-order valence-corrected chi connectivity index (χ4v) is 2.70. The summed E-state index contributed by atoms with van der Waals surface area (Å²) < 4.78 is 5.14. The van der Waals surface area contributed by atoms with Gasteiger partial charge < -0.3 is 4.74 Å². The molecule has 4 nitrogen and oxygen atoms in total. The summed E-state index contributed by atoms with van der Waals surface area (Å²) in [5.74, 6) is -0.369. The average molecular weight is 347 g/mol. The van der Waals surface area contributed by atoms with Crippen molar-refractivity contribution in [3.8, 4) is 0 Å². The highest BCUT2D eigenvalue weighted by Gasteiger charge is 2.14. The Labute approximate surface area is 152 Å². The van der Waals surface area contributed by atoms with Crippen LogP contribution in [0.25, 0.3) is 10.9 Å². The van der Waals surface area contributed by atoms with Gasteiger partial charge in [0.1, 0.15) is 5.69 Å². The van der Waals surface area contributed by atoms with Crippen LogP contribution < -0.4 is 0 Å². The highest BCUT2D eigenvalue weighted by atomic mass is 16.5. The van der Waals surface area contributed by atoms with E-state index in [1.807, 2.05) is 42.5 Å². The number of hydrogen-bond acceptors (Lipinski definition) is 4. The number of ketones is 1. The minimum Gasteiger partial charge on any atom is -0.453 e. The third kappa shape index (κ3) is 3.97. The molecule has 132 valence electrons. The van der Waals surface area contributed by atoms with Gasteiger partial charge in [0.05, 0.1) is 5.52 Å². The number of carbonyl (C=O) groups is 2. The van der Waals surface area contributed by atoms with Gasteiger partial charge in [-0.2, -0.15) is 0 Å². The number of nitrogens with zero attached hydrogens (tertiary/aromatic N) is 1. The molecule has 0 bridgehead atoms. The van der Waals surface area contributed by atoms with Crippen molar-refractivity contribution in [3.05, 3.63) is 77.5 Å². The van der Waals surface area contributed by atoms with Crippen LogP contribution in [0.3, 0.4) is 0 Å². The second-order valence-electron chi connectivity index (χ2n) is 6.32. The van der Waals surface area contributed by atoms with Crippen LogP contribution in [0, 0.1) is 0 Å². The zero-order chi connectivity index (χ0) is 18.5. The van der Waals surface area contributed by atoms with Gasteiger partial charge in [-0.05, 0) is 30.0 Å². The Morgan fingerprint density at radius 2 is 1.73 bits per heavy atom. The molecule has 0 saturated heterocycles. The molecule has 0 unspecified atom stereocenters. The quantitative estimate of drug-likeness (QED) is 0.475. The number of rotatable bonds is 6. The number of para-hydroxylation sites is 1. The minimum atomic E-state index is -0.597. The minimum absolute atomic E-state index is 0.198. The third-order valence-corrected chi connectivity index (χ3v) is 4.56. The van der Waals surface area contributed by atoms with Gasteiger partial charge in [0.2, 0.25) is 0 Å². The van der Waals surface area contributed by atoms with Gasteiger partial charge in [-0.1, -0.05) is 62.4 Å². The predicted octanol–water partition coefficient (Wildman–Crippen LogP) is 4.79. The normalized spacial score (nSPS) is 11.9. The summed E-state index contributed by atoms with van der Waals surface area (Å²) in [4.78, 5) is 28.7. The number of hydrogen-bond donors (Lipinski definition) is 0. The van der Waals surface area contributed by atoms with E-state index in [0.29, 0.717) is 17.0 Å². The smallest absolute Gasteiger partial charge is 0.357 e. The number of carbonyl (C=O) groups excluding carboxylic acids is 2. The van der Waals surface area contributed by atoms with Crippen molar-refractivity contribution in [1.29, 1.82) is 0 Å². The molecule has 0 aliphatic carbocycles. The lowest BCUT2D eigenvalue weighted by molar-refractivity contribution is 0.0469. The topological polar surface area (TPSA) is 56.3 Å². The van der Waals surface area contributed by atoms with Crippen molar-refractivity contribution in [2.24, 2.45) is 0 Å². The zero-order valence-electron chi connectivity index (χ0n) is 14.9. The van der Waals surface area contributed by atoms with Crippen molar-refractivity contribution in [1.82, 2.24) is 4.98 Å². The van der Waals surface area contributed by atoms with E-state index in [0.717, 1.165) is 11.8 Å². The van der Waals surface area contributed by atoms with Gasteiger partial charge in [-0.25, -0.2) is 9.78 Å². The molecular weight excluding hydrogens is 326 g/mol. The van der Waals surface area contributed by atoms with Crippen LogP contribution >= 0.6 is 0 Å². The molecule has 0 saturated carbocycles. The lowest BCUT2D eigenvalue weighted by Crippen LogP contribution is -2.15. The summed E-state index contributed by atoms with van der Waals surface area (Å²) in [5, 5.41) is 0.946. The molecule has 2 aromatic carbocycles. The Bertz CT molecular complexity index is 932. The van der Waals surface area contributed by atoms with Gasteiger partial charge in [-0.3, -0.25) is 4.79 Å². The lowest BCUT2D eigenvalue weighted by Gasteiger charge is -2.09. The molecule has 1 atom stereocenters. The fourth-order valence-electron chi connectivity index (χ4n) is 2.70. The van der Waals surface area contributed by atoms with E-state index in [2.05, 4.69) is 18.8 Å². The van der Waals surface area contributed by atoms with E-state index < -0.39 is 5.97 Å². The standard InChI is InChI=1S/C22H21NO3/c1-3-15(2)16-8-10-18(11-9-16)21(24)14-26-22(25)20-13-12-17-6-4-5-7-19(17)23-20/h4-13,15H,3,14H2,1-2H3/t15-/m0/s1. The van der Waals surface area contributed by atoms with E-state index in [-0.39, 0.29) is 18.1 Å². The van der Waals surface area contributed by atoms with Crippen molar-refractivity contribution < 1.29 is 14.3 Å². The molecule has 0 amide bonds. The Morgan fingerprint density at radius 1 is 1.00 bits per heavy atom. The summed E-state index contributed by atoms with van der Waals surface area (Å²) in [7, 11) is 0. The number of fused-ring (bicyclic) bond motifs is 1. The number of aromatic nitrogens is 1. The first kappa shape index (κ1) is 17.8. The van der Waals surface area contributed by atoms with Gasteiger partial charge >= 0.3 is 5.97 Å². The predicted molar refractivity (Wildman–Crippen MR) is 102 cm³/mol. The molecule has 0 fully saturated rings. The molecule has 26 heavy (non-hydrogen) atoms. The molecule has 4 heteroatoms. The molecule has 3 rings (SSSR count). The maximum absolute atomic E-state index is 12.2. The summed E-state index contributed by atoms with van der Waals surface area (Å²) in [5.41, 5.74) is 2.65. The van der Waals surface area contributed by atoms with E-state index in [1.165, 1.54) is 5.56 Å². The highest BCUT2D eigenvalue weighted by molar-refractivity contribution is 5.99. The summed E-state index contributed by atoms with van der Waals surface area (Å²) in [6, 6.07) is 18.4. The molecule has 0 aliphatic rings. The number of pyridine rings is 1. The zero-order valence-corrected chi connectivity index (χ0v) is 14.9. The Hall–Kier alpha value is -3.01. The van der Waals surface area contributed by atoms with Crippen LogP contribution in [0.15, 0.2) is 60.7 Å². The SMILES string of the molecule is CC[C@H](C)c1ccc(C(=O)COC(=O)c2ccc3ccccc3n2)cc1. The largest absolute Gasteiger partial charge is 0.453 e. The molecular formula is C22H21NO3. The third-order valence-electron chi connectivity index (χ3n) is 4.56. The van der Waals surface area contributed by atoms with E-state index in [1.54, 1.807) is 18.2 Å². The summed E-state index contributed by atoms with van der Waals surface area (Å²) in [6.45, 7) is 3.98. The maximum atomic E-state index is 12.2. The lowest BCUT2D eigenvalue weighted by atomic mass is 9.97. The average Bonchev–Trinajstić information content (AvgIpc) is 2.70. The van der Waals surface area contributed by atoms with E-state index >= 15 is 0 Å². The van der Waals surface area contributed by atoms with Crippen molar-refractivity contribution in [3.63, 3.8) is 0 Å². The second-order valence-corrected chi connectivity index (χ2v) is 6.32. The molecule has 0 radical (unpaired) electrons. The Morgan fingerprint density at radius 3 is 2.46 bits per heavy atom. The van der Waals surface area contributed by atoms with Crippen molar-refractivity contribution in [2.75, 3.05) is 6.61 Å². The number of benzene rings is 2. The molecule has 0 spiro atoms. The van der Waals surface area contributed by atoms with Crippen LogP contribution in [-0.2, 0) is 4.74 Å². The van der Waals surface area contributed by atoms with Gasteiger partial charge in [0, 0.05) is 10.9 Å². The molecule has 1 aromatic heterocycles. The molecule has 1 heterocycles. The monoisotopic (exact) mass is 347 g/mol. The highest BCUT2D eigenvalue weighted by Crippen LogP contribution is 2.19. The fraction of sp³-hybridized carbons (Fsp3) is 0.227. The first-order valence-corrected chi connectivity index (χ1v) is 8.74. The van der Waals surface area contributed by atoms with E-state index in [4.69, 9.17) is 4.74 Å². The van der Waals surface area contributed by atoms with Crippen molar-refractivity contribution >= 4 is 22.7 Å². The second kappa shape index (κ2) is 7.91. The summed E-state index contributed by atoms with van der Waals surface area (Å²) in [6.07, 6.45) is 1.05. The van der Waals surface area contributed by atoms with Crippen LogP contribution in [0.4, 0.5) is 0 Å². The number of ether oxygens (including phenoxy) is 1. The van der Waals surface area contributed by atoms with Gasteiger partial charge in [0.25, 0.3) is 0 Å². The maximum Gasteiger partial charge on any atom is 0.357 e. The van der Waals surface area contributed by atoms with Gasteiger partial charge in [-0.15, -0.1) is 0 Å². The number of Topliss-reactive ketones (excluding diaryl/α,β-unsaturated/α-hetero) is 1. The Kier molecular flexibility index (Phi) is 5.42. The molecule has 3 aromatic rings. The molecule has 0 aliphatic heterocycles. The van der Waals surface area contributed by atoms with E-state index in [9.17, 15) is 9.59 Å². The van der Waals surface area contributed by atoms with Crippen LogP contribution in [0.2, 0.25) is 0 Å². The first-order valence-electron chi connectivity index (χ1n) is 8.74. The Balaban J connectivity index is 1.63. The summed E-state index contributed by atoms with van der Waals surface area (Å²) >= 11 is 0. The van der Waals surface area contributed by atoms with Crippen LogP contribution in [0.5, 0.6) is 0 Å².